The number of anilines is 1. The fourth-order valence-electron chi connectivity index (χ4n) is 2.27. The molecule has 1 fully saturated rings. The third kappa shape index (κ3) is 2.33. The first-order valence-corrected chi connectivity index (χ1v) is 9.22. The normalized spacial score (nSPS) is 20.6. The predicted octanol–water partition coefficient (Wildman–Crippen LogP) is 3.11. The highest BCUT2D eigenvalue weighted by molar-refractivity contribution is 14.2. The van der Waals surface area contributed by atoms with Gasteiger partial charge >= 0.3 is 0 Å². The van der Waals surface area contributed by atoms with E-state index in [1.54, 1.807) is 9.12 Å². The largest absolute Gasteiger partial charge is 0.375 e. The monoisotopic (exact) mass is 375 g/mol. The van der Waals surface area contributed by atoms with Crippen molar-refractivity contribution in [2.75, 3.05) is 24.6 Å². The molecule has 0 radical (unpaired) electrons. The minimum Gasteiger partial charge on any atom is -0.375 e. The minimum absolute atomic E-state index is 0.295. The Hall–Kier alpha value is -0.470. The molecule has 3 rings (SSSR count). The van der Waals surface area contributed by atoms with E-state index in [0.29, 0.717) is 6.10 Å². The summed E-state index contributed by atoms with van der Waals surface area (Å²) in [5.74, 6) is 0. The van der Waals surface area contributed by atoms with Gasteiger partial charge in [0.15, 0.2) is 5.65 Å². The molecule has 2 aromatic heterocycles. The second-order valence-electron chi connectivity index (χ2n) is 4.44. The first kappa shape index (κ1) is 12.6. The maximum atomic E-state index is 5.57. The van der Waals surface area contributed by atoms with Gasteiger partial charge in [0.05, 0.1) is 24.6 Å². The van der Waals surface area contributed by atoms with Gasteiger partial charge in [0.1, 0.15) is 0 Å². The number of halogens is 1. The molecule has 0 saturated carbocycles. The maximum absolute atomic E-state index is 5.57. The van der Waals surface area contributed by atoms with E-state index in [0.717, 1.165) is 25.3 Å². The van der Waals surface area contributed by atoms with E-state index in [4.69, 9.17) is 4.74 Å². The van der Waals surface area contributed by atoms with Crippen molar-refractivity contribution in [2.24, 2.45) is 0 Å². The highest BCUT2D eigenvalue weighted by atomic mass is 127. The van der Waals surface area contributed by atoms with Crippen molar-refractivity contribution >= 4 is 47.0 Å². The van der Waals surface area contributed by atoms with Crippen molar-refractivity contribution in [3.63, 3.8) is 0 Å². The number of aromatic nitrogens is 2. The molecule has 0 aliphatic carbocycles. The van der Waals surface area contributed by atoms with Crippen molar-refractivity contribution in [3.05, 3.63) is 24.5 Å². The van der Waals surface area contributed by atoms with Crippen LogP contribution in [0.25, 0.3) is 11.0 Å². The summed E-state index contributed by atoms with van der Waals surface area (Å²) in [5.41, 5.74) is 2.22. The van der Waals surface area contributed by atoms with Crippen LogP contribution >= 0.6 is 30.3 Å². The summed E-state index contributed by atoms with van der Waals surface area (Å²) in [6, 6.07) is 4.32. The number of rotatable bonds is 2. The molecule has 1 unspecified atom stereocenters. The average molecular weight is 375 g/mol. The summed E-state index contributed by atoms with van der Waals surface area (Å²) < 4.78 is 7.64. The third-order valence-electron chi connectivity index (χ3n) is 3.16. The number of morpholine rings is 1. The topological polar surface area (TPSA) is 30.3 Å². The predicted molar refractivity (Wildman–Crippen MR) is 84.4 cm³/mol. The van der Waals surface area contributed by atoms with E-state index in [1.807, 2.05) is 6.20 Å². The molecule has 1 aliphatic rings. The highest BCUT2D eigenvalue weighted by Gasteiger charge is 2.17. The molecular formula is C12H14IN3OS. The van der Waals surface area contributed by atoms with Crippen molar-refractivity contribution in [3.8, 4) is 0 Å². The van der Waals surface area contributed by atoms with Gasteiger partial charge in [-0.2, -0.15) is 0 Å². The van der Waals surface area contributed by atoms with Crippen LogP contribution in [0.4, 0.5) is 5.69 Å². The Balaban J connectivity index is 1.93. The molecule has 3 heterocycles. The zero-order valence-electron chi connectivity index (χ0n) is 10.0. The lowest BCUT2D eigenvalue weighted by Gasteiger charge is -2.32. The molecule has 1 aliphatic heterocycles. The summed E-state index contributed by atoms with van der Waals surface area (Å²) in [5, 5.41) is 1.19. The van der Waals surface area contributed by atoms with E-state index < -0.39 is 0 Å². The summed E-state index contributed by atoms with van der Waals surface area (Å²) in [6.07, 6.45) is 4.31. The first-order valence-electron chi connectivity index (χ1n) is 5.90. The van der Waals surface area contributed by atoms with Gasteiger partial charge in [-0.15, -0.1) is 0 Å². The van der Waals surface area contributed by atoms with Crippen LogP contribution in [0.5, 0.6) is 0 Å². The lowest BCUT2D eigenvalue weighted by Crippen LogP contribution is -2.41. The molecule has 0 amide bonds. The Morgan fingerprint density at radius 2 is 2.44 bits per heavy atom. The fourth-order valence-corrected chi connectivity index (χ4v) is 3.55. The van der Waals surface area contributed by atoms with Gasteiger partial charge in [-0.1, -0.05) is 0 Å². The third-order valence-corrected chi connectivity index (χ3v) is 4.88. The van der Waals surface area contributed by atoms with Gasteiger partial charge in [-0.25, -0.2) is 4.98 Å². The van der Waals surface area contributed by atoms with Crippen LogP contribution in [-0.4, -0.2) is 34.8 Å². The van der Waals surface area contributed by atoms with Crippen LogP contribution in [0.2, 0.25) is 0 Å². The van der Waals surface area contributed by atoms with Gasteiger partial charge in [0, 0.05) is 55.0 Å². The zero-order chi connectivity index (χ0) is 12.5. The van der Waals surface area contributed by atoms with E-state index >= 15 is 0 Å². The molecular weight excluding hydrogens is 361 g/mol. The Bertz CT molecular complexity index is 559. The number of nitrogens with zero attached hydrogens (tertiary/aromatic N) is 3. The van der Waals surface area contributed by atoms with Gasteiger partial charge in [-0.3, -0.25) is 3.97 Å². The van der Waals surface area contributed by atoms with E-state index in [2.05, 4.69) is 60.3 Å². The van der Waals surface area contributed by atoms with E-state index in [1.165, 1.54) is 11.1 Å². The Kier molecular flexibility index (Phi) is 3.67. The van der Waals surface area contributed by atoms with Crippen LogP contribution in [0.15, 0.2) is 24.5 Å². The van der Waals surface area contributed by atoms with Crippen molar-refractivity contribution in [1.82, 2.24) is 8.96 Å². The summed E-state index contributed by atoms with van der Waals surface area (Å²) in [7, 11) is 1.64. The average Bonchev–Trinajstić information content (AvgIpc) is 2.80. The minimum atomic E-state index is 0.295. The number of hydrogen-bond acceptors (Lipinski definition) is 4. The zero-order valence-corrected chi connectivity index (χ0v) is 13.0. The van der Waals surface area contributed by atoms with Gasteiger partial charge in [-0.05, 0) is 19.1 Å². The molecule has 0 bridgehead atoms. The number of pyridine rings is 1. The van der Waals surface area contributed by atoms with Crippen LogP contribution in [-0.2, 0) is 4.74 Å². The van der Waals surface area contributed by atoms with Crippen LogP contribution < -0.4 is 4.90 Å². The lowest BCUT2D eigenvalue weighted by molar-refractivity contribution is 0.0532. The molecule has 2 aromatic rings. The highest BCUT2D eigenvalue weighted by Crippen LogP contribution is 2.26. The van der Waals surface area contributed by atoms with Crippen molar-refractivity contribution in [2.45, 2.75) is 13.0 Å². The summed E-state index contributed by atoms with van der Waals surface area (Å²) >= 11 is 2.27. The molecule has 96 valence electrons. The number of hydrogen-bond donors (Lipinski definition) is 0. The second kappa shape index (κ2) is 5.26. The van der Waals surface area contributed by atoms with Crippen LogP contribution in [0, 0.1) is 0 Å². The smallest absolute Gasteiger partial charge is 0.150 e. The van der Waals surface area contributed by atoms with Crippen molar-refractivity contribution < 1.29 is 4.74 Å². The summed E-state index contributed by atoms with van der Waals surface area (Å²) in [6.45, 7) is 4.79. The van der Waals surface area contributed by atoms with Crippen LogP contribution in [0.1, 0.15) is 6.92 Å². The second-order valence-corrected chi connectivity index (χ2v) is 6.16. The molecule has 0 spiro atoms. The lowest BCUT2D eigenvalue weighted by atomic mass is 10.2. The SMILES string of the molecule is CC1CN(c2cnc3c(ccn3SI)c2)CCO1. The number of ether oxygens (including phenoxy) is 1. The van der Waals surface area contributed by atoms with Gasteiger partial charge in [0.25, 0.3) is 0 Å². The Morgan fingerprint density at radius 3 is 3.22 bits per heavy atom. The Labute approximate surface area is 122 Å². The van der Waals surface area contributed by atoms with Crippen molar-refractivity contribution in [1.29, 1.82) is 0 Å². The van der Waals surface area contributed by atoms with Gasteiger partial charge in [0.2, 0.25) is 0 Å². The standard InChI is InChI=1S/C12H14IN3OS/c1-9-8-15(4-5-17-9)11-6-10-2-3-16(18-13)12(10)14-7-11/h2-3,6-7,9H,4-5,8H2,1H3. The molecule has 6 heteroatoms. The summed E-state index contributed by atoms with van der Waals surface area (Å²) in [4.78, 5) is 6.91. The molecule has 0 N–H and O–H groups in total. The van der Waals surface area contributed by atoms with Gasteiger partial charge < -0.3 is 9.64 Å². The first-order chi connectivity index (χ1) is 8.78. The molecule has 18 heavy (non-hydrogen) atoms. The molecule has 1 saturated heterocycles. The molecule has 0 aromatic carbocycles. The Morgan fingerprint density at radius 1 is 1.56 bits per heavy atom. The molecule has 1 atom stereocenters. The van der Waals surface area contributed by atoms with E-state index in [9.17, 15) is 0 Å². The quantitative estimate of drug-likeness (QED) is 0.755. The maximum Gasteiger partial charge on any atom is 0.150 e. The number of fused-ring (bicyclic) bond motifs is 1. The van der Waals surface area contributed by atoms with E-state index in [-0.39, 0.29) is 0 Å². The fraction of sp³-hybridized carbons (Fsp3) is 0.417. The molecule has 4 nitrogen and oxygen atoms in total. The van der Waals surface area contributed by atoms with Crippen LogP contribution in [0.3, 0.4) is 0 Å².